The largest absolute Gasteiger partial charge is 0.483 e. The van der Waals surface area contributed by atoms with E-state index in [0.29, 0.717) is 31.3 Å². The SMILES string of the molecule is CC(C)c1cnc(-c2ccc(F)cc2)nc1Nc1ccnc2[nH]cc(N3CCNC(=O)C3)c12.O=CO. The molecule has 0 spiro atoms. The lowest BCUT2D eigenvalue weighted by Crippen LogP contribution is -2.47. The molecule has 1 aliphatic rings. The number of nitrogens with one attached hydrogen (secondary N) is 3. The van der Waals surface area contributed by atoms with Crippen LogP contribution in [0.4, 0.5) is 21.6 Å². The summed E-state index contributed by atoms with van der Waals surface area (Å²) < 4.78 is 13.4. The van der Waals surface area contributed by atoms with Crippen molar-refractivity contribution in [1.82, 2.24) is 25.3 Å². The Labute approximate surface area is 206 Å². The van der Waals surface area contributed by atoms with Crippen LogP contribution in [0.3, 0.4) is 0 Å². The average Bonchev–Trinajstić information content (AvgIpc) is 3.30. The minimum absolute atomic E-state index is 0.00386. The molecule has 4 N–H and O–H groups in total. The lowest BCUT2D eigenvalue weighted by molar-refractivity contribution is -0.123. The van der Waals surface area contributed by atoms with Gasteiger partial charge in [0.05, 0.1) is 23.3 Å². The topological polar surface area (TPSA) is 136 Å². The molecule has 11 heteroatoms. The maximum absolute atomic E-state index is 13.4. The Morgan fingerprint density at radius 2 is 1.94 bits per heavy atom. The Bertz CT molecular complexity index is 1370. The molecule has 0 unspecified atom stereocenters. The van der Waals surface area contributed by atoms with E-state index in [2.05, 4.69) is 39.4 Å². The maximum Gasteiger partial charge on any atom is 0.290 e. The molecule has 0 aliphatic carbocycles. The van der Waals surface area contributed by atoms with E-state index in [1.54, 1.807) is 18.3 Å². The third-order valence-electron chi connectivity index (χ3n) is 5.73. The normalized spacial score (nSPS) is 13.2. The quantitative estimate of drug-likeness (QED) is 0.311. The summed E-state index contributed by atoms with van der Waals surface area (Å²) in [5.74, 6) is 1.06. The van der Waals surface area contributed by atoms with Crippen LogP contribution in [-0.2, 0) is 9.59 Å². The van der Waals surface area contributed by atoms with E-state index in [4.69, 9.17) is 14.9 Å². The van der Waals surface area contributed by atoms with Crippen LogP contribution < -0.4 is 15.5 Å². The van der Waals surface area contributed by atoms with Crippen LogP contribution in [0.2, 0.25) is 0 Å². The number of anilines is 3. The number of amides is 1. The van der Waals surface area contributed by atoms with E-state index in [9.17, 15) is 9.18 Å². The number of halogens is 1. The molecule has 5 rings (SSSR count). The first kappa shape index (κ1) is 24.6. The van der Waals surface area contributed by atoms with E-state index in [-0.39, 0.29) is 24.1 Å². The zero-order valence-corrected chi connectivity index (χ0v) is 19.8. The molecule has 4 aromatic rings. The van der Waals surface area contributed by atoms with Crippen molar-refractivity contribution in [3.05, 3.63) is 60.3 Å². The number of hydrogen-bond donors (Lipinski definition) is 4. The number of carboxylic acid groups (broad SMARTS) is 1. The molecule has 4 heterocycles. The van der Waals surface area contributed by atoms with Gasteiger partial charge < -0.3 is 25.6 Å². The zero-order chi connectivity index (χ0) is 25.7. The van der Waals surface area contributed by atoms with Gasteiger partial charge in [0.15, 0.2) is 5.82 Å². The highest BCUT2D eigenvalue weighted by Gasteiger charge is 2.22. The Kier molecular flexibility index (Phi) is 7.38. The molecule has 0 atom stereocenters. The number of aromatic nitrogens is 4. The third-order valence-corrected chi connectivity index (χ3v) is 5.73. The van der Waals surface area contributed by atoms with Crippen molar-refractivity contribution >= 4 is 40.6 Å². The predicted octanol–water partition coefficient (Wildman–Crippen LogP) is 3.66. The fraction of sp³-hybridized carbons (Fsp3) is 0.240. The molecule has 36 heavy (non-hydrogen) atoms. The van der Waals surface area contributed by atoms with Crippen LogP contribution in [0.25, 0.3) is 22.4 Å². The van der Waals surface area contributed by atoms with Gasteiger partial charge in [-0.1, -0.05) is 13.8 Å². The van der Waals surface area contributed by atoms with Gasteiger partial charge in [0.1, 0.15) is 17.3 Å². The van der Waals surface area contributed by atoms with Gasteiger partial charge in [0.25, 0.3) is 6.47 Å². The number of hydrogen-bond acceptors (Lipinski definition) is 7. The van der Waals surface area contributed by atoms with E-state index in [1.165, 1.54) is 12.1 Å². The van der Waals surface area contributed by atoms with Crippen LogP contribution in [-0.4, -0.2) is 57.1 Å². The smallest absolute Gasteiger partial charge is 0.290 e. The van der Waals surface area contributed by atoms with E-state index < -0.39 is 0 Å². The Hall–Kier alpha value is -4.54. The Morgan fingerprint density at radius 1 is 1.19 bits per heavy atom. The minimum atomic E-state index is -0.304. The van der Waals surface area contributed by atoms with Gasteiger partial charge in [0.2, 0.25) is 5.91 Å². The molecule has 1 aliphatic heterocycles. The number of aromatic amines is 1. The first-order chi connectivity index (χ1) is 17.4. The number of benzene rings is 1. The number of carbonyl (C=O) groups is 2. The lowest BCUT2D eigenvalue weighted by Gasteiger charge is -2.28. The van der Waals surface area contributed by atoms with Gasteiger partial charge in [0, 0.05) is 42.8 Å². The monoisotopic (exact) mass is 491 g/mol. The molecular weight excluding hydrogens is 465 g/mol. The number of H-pyrrole nitrogens is 1. The molecule has 10 nitrogen and oxygen atoms in total. The van der Waals surface area contributed by atoms with E-state index in [0.717, 1.165) is 33.5 Å². The summed E-state index contributed by atoms with van der Waals surface area (Å²) in [6.45, 7) is 5.52. The summed E-state index contributed by atoms with van der Waals surface area (Å²) in [4.78, 5) is 39.3. The van der Waals surface area contributed by atoms with Gasteiger partial charge in [-0.2, -0.15) is 0 Å². The van der Waals surface area contributed by atoms with Gasteiger partial charge in [-0.25, -0.2) is 19.3 Å². The van der Waals surface area contributed by atoms with Crippen LogP contribution in [0.1, 0.15) is 25.3 Å². The summed E-state index contributed by atoms with van der Waals surface area (Å²) in [6, 6.07) is 8.03. The molecule has 1 fully saturated rings. The molecule has 0 saturated carbocycles. The van der Waals surface area contributed by atoms with Crippen molar-refractivity contribution < 1.29 is 19.1 Å². The van der Waals surface area contributed by atoms with E-state index >= 15 is 0 Å². The molecule has 3 aromatic heterocycles. The number of piperazine rings is 1. The van der Waals surface area contributed by atoms with Crippen molar-refractivity contribution in [2.45, 2.75) is 19.8 Å². The molecule has 0 bridgehead atoms. The third kappa shape index (κ3) is 5.24. The van der Waals surface area contributed by atoms with E-state index in [1.807, 2.05) is 23.4 Å². The second-order valence-electron chi connectivity index (χ2n) is 8.42. The predicted molar refractivity (Wildman–Crippen MR) is 135 cm³/mol. The van der Waals surface area contributed by atoms with Crippen LogP contribution in [0.15, 0.2) is 48.9 Å². The molecule has 1 amide bonds. The summed E-state index contributed by atoms with van der Waals surface area (Å²) in [5, 5.41) is 14.1. The minimum Gasteiger partial charge on any atom is -0.483 e. The molecule has 186 valence electrons. The number of pyridine rings is 1. The second-order valence-corrected chi connectivity index (χ2v) is 8.42. The highest BCUT2D eigenvalue weighted by Crippen LogP contribution is 2.35. The van der Waals surface area contributed by atoms with Gasteiger partial charge >= 0.3 is 0 Å². The Balaban J connectivity index is 0.000000967. The maximum atomic E-state index is 13.4. The van der Waals surface area contributed by atoms with Crippen molar-refractivity contribution in [2.75, 3.05) is 29.9 Å². The highest BCUT2D eigenvalue weighted by atomic mass is 19.1. The summed E-state index contributed by atoms with van der Waals surface area (Å²) in [6.07, 6.45) is 5.42. The molecule has 0 radical (unpaired) electrons. The van der Waals surface area contributed by atoms with Crippen molar-refractivity contribution in [3.63, 3.8) is 0 Å². The van der Waals surface area contributed by atoms with Crippen LogP contribution in [0.5, 0.6) is 0 Å². The molecular formula is C25H26FN7O3. The zero-order valence-electron chi connectivity index (χ0n) is 19.8. The van der Waals surface area contributed by atoms with Crippen LogP contribution in [0, 0.1) is 5.82 Å². The van der Waals surface area contributed by atoms with Crippen molar-refractivity contribution in [2.24, 2.45) is 0 Å². The van der Waals surface area contributed by atoms with Crippen LogP contribution >= 0.6 is 0 Å². The summed E-state index contributed by atoms with van der Waals surface area (Å²) in [7, 11) is 0. The van der Waals surface area contributed by atoms with Gasteiger partial charge in [-0.15, -0.1) is 0 Å². The fourth-order valence-electron chi connectivity index (χ4n) is 4.02. The first-order valence-corrected chi connectivity index (χ1v) is 11.4. The average molecular weight is 492 g/mol. The first-order valence-electron chi connectivity index (χ1n) is 11.4. The molecule has 1 aromatic carbocycles. The fourth-order valence-corrected chi connectivity index (χ4v) is 4.02. The number of rotatable bonds is 5. The summed E-state index contributed by atoms with van der Waals surface area (Å²) in [5.41, 5.74) is 4.15. The standard InChI is InChI=1S/C24H24FN7O.CH2O2/c1-14(2)17-11-28-22(15-3-5-16(25)6-4-15)31-23(17)30-18-7-8-27-24-21(18)19(12-29-24)32-10-9-26-20(33)13-32;2-1-3/h3-8,11-12,14H,9-10,13H2,1-2H3,(H,26,33)(H2,27,28,29,30,31);1H,(H,2,3). The lowest BCUT2D eigenvalue weighted by atomic mass is 10.1. The van der Waals surface area contributed by atoms with Gasteiger partial charge in [-0.05, 0) is 36.2 Å². The Morgan fingerprint density at radius 3 is 2.64 bits per heavy atom. The van der Waals surface area contributed by atoms with Gasteiger partial charge in [-0.3, -0.25) is 9.59 Å². The number of fused-ring (bicyclic) bond motifs is 1. The molecule has 1 saturated heterocycles. The van der Waals surface area contributed by atoms with Crippen molar-refractivity contribution in [3.8, 4) is 11.4 Å². The summed E-state index contributed by atoms with van der Waals surface area (Å²) >= 11 is 0. The number of carbonyl (C=O) groups excluding carboxylic acids is 1. The second kappa shape index (κ2) is 10.8. The number of nitrogens with zero attached hydrogens (tertiary/aromatic N) is 4. The highest BCUT2D eigenvalue weighted by molar-refractivity contribution is 6.02. The van der Waals surface area contributed by atoms with Crippen molar-refractivity contribution in [1.29, 1.82) is 0 Å².